The van der Waals surface area contributed by atoms with Gasteiger partial charge in [0.15, 0.2) is 0 Å². The van der Waals surface area contributed by atoms with E-state index >= 15 is 0 Å². The van der Waals surface area contributed by atoms with Crippen molar-refractivity contribution in [2.45, 2.75) is 32.7 Å². The van der Waals surface area contributed by atoms with E-state index in [4.69, 9.17) is 5.11 Å². The summed E-state index contributed by atoms with van der Waals surface area (Å²) in [4.78, 5) is 21.4. The van der Waals surface area contributed by atoms with Crippen molar-refractivity contribution in [3.05, 3.63) is 27.6 Å². The highest BCUT2D eigenvalue weighted by Gasteiger charge is 2.09. The van der Waals surface area contributed by atoms with Crippen LogP contribution in [0.4, 0.5) is 0 Å². The molecule has 2 aromatic rings. The minimum Gasteiger partial charge on any atom is -0.395 e. The molecular weight excluding hydrogens is 274 g/mol. The molecule has 2 rings (SSSR count). The van der Waals surface area contributed by atoms with Crippen molar-refractivity contribution in [3.8, 4) is 0 Å². The van der Waals surface area contributed by atoms with Crippen LogP contribution in [0, 0.1) is 0 Å². The number of nitrogens with zero attached hydrogens (tertiary/aromatic N) is 2. The number of unbranched alkanes of at least 4 members (excludes halogenated alkanes) is 2. The number of hydrogen-bond donors (Lipinski definition) is 2. The highest BCUT2D eigenvalue weighted by Crippen LogP contribution is 2.14. The van der Waals surface area contributed by atoms with Crippen molar-refractivity contribution in [1.82, 2.24) is 14.9 Å². The summed E-state index contributed by atoms with van der Waals surface area (Å²) >= 11 is 1.41. The Kier molecular flexibility index (Phi) is 5.70. The molecular formula is C14H21N3O2S. The van der Waals surface area contributed by atoms with Crippen LogP contribution in [0.2, 0.25) is 0 Å². The van der Waals surface area contributed by atoms with E-state index in [9.17, 15) is 4.79 Å². The van der Waals surface area contributed by atoms with E-state index in [0.717, 1.165) is 18.5 Å². The first-order valence-electron chi connectivity index (χ1n) is 7.04. The molecule has 0 fully saturated rings. The summed E-state index contributed by atoms with van der Waals surface area (Å²) in [6.45, 7) is 4.39. The Labute approximate surface area is 122 Å². The van der Waals surface area contributed by atoms with Crippen molar-refractivity contribution in [2.75, 3.05) is 19.7 Å². The van der Waals surface area contributed by atoms with Crippen LogP contribution < -0.4 is 5.56 Å². The first-order valence-corrected chi connectivity index (χ1v) is 7.92. The van der Waals surface area contributed by atoms with E-state index in [2.05, 4.69) is 21.8 Å². The Morgan fingerprint density at radius 1 is 1.40 bits per heavy atom. The number of rotatable bonds is 8. The van der Waals surface area contributed by atoms with Crippen LogP contribution in [-0.4, -0.2) is 39.7 Å². The molecule has 0 saturated carbocycles. The summed E-state index contributed by atoms with van der Waals surface area (Å²) < 4.78 is 0.674. The first kappa shape index (κ1) is 15.2. The molecule has 6 heteroatoms. The molecule has 110 valence electrons. The molecule has 0 aromatic carbocycles. The van der Waals surface area contributed by atoms with Crippen LogP contribution >= 0.6 is 11.3 Å². The van der Waals surface area contributed by atoms with Gasteiger partial charge in [-0.25, -0.2) is 4.98 Å². The Bertz CT molecular complexity index is 593. The lowest BCUT2D eigenvalue weighted by Crippen LogP contribution is -2.29. The number of H-pyrrole nitrogens is 1. The summed E-state index contributed by atoms with van der Waals surface area (Å²) in [5.41, 5.74) is 0.684. The zero-order valence-electron chi connectivity index (χ0n) is 11.8. The van der Waals surface area contributed by atoms with Gasteiger partial charge in [-0.15, -0.1) is 11.3 Å². The SMILES string of the molecule is CCCCCN(CCO)Cc1nc2ccsc2c(=O)[nH]1. The molecule has 0 radical (unpaired) electrons. The standard InChI is InChI=1S/C14H21N3O2S/c1-2-3-4-6-17(7-8-18)10-12-15-11-5-9-20-13(11)14(19)16-12/h5,9,18H,2-4,6-8,10H2,1H3,(H,15,16,19). The average molecular weight is 295 g/mol. The molecule has 0 aliphatic rings. The molecule has 2 heterocycles. The van der Waals surface area contributed by atoms with Crippen LogP contribution in [0.15, 0.2) is 16.2 Å². The van der Waals surface area contributed by atoms with Gasteiger partial charge in [-0.2, -0.15) is 0 Å². The van der Waals surface area contributed by atoms with Gasteiger partial charge in [0.05, 0.1) is 18.7 Å². The quantitative estimate of drug-likeness (QED) is 0.731. The number of aliphatic hydroxyl groups excluding tert-OH is 1. The average Bonchev–Trinajstić information content (AvgIpc) is 2.88. The Hall–Kier alpha value is -1.24. The van der Waals surface area contributed by atoms with Gasteiger partial charge >= 0.3 is 0 Å². The van der Waals surface area contributed by atoms with Gasteiger partial charge in [-0.3, -0.25) is 9.69 Å². The lowest BCUT2D eigenvalue weighted by Gasteiger charge is -2.20. The minimum atomic E-state index is -0.0718. The molecule has 0 spiro atoms. The van der Waals surface area contributed by atoms with E-state index in [-0.39, 0.29) is 12.2 Å². The second-order valence-electron chi connectivity index (χ2n) is 4.85. The number of hydrogen-bond acceptors (Lipinski definition) is 5. The molecule has 0 amide bonds. The molecule has 2 N–H and O–H groups in total. The third-order valence-corrected chi connectivity index (χ3v) is 4.13. The molecule has 0 bridgehead atoms. The predicted octanol–water partition coefficient (Wildman–Crippen LogP) is 1.97. The van der Waals surface area contributed by atoms with Crippen LogP contribution in [0.5, 0.6) is 0 Å². The highest BCUT2D eigenvalue weighted by molar-refractivity contribution is 7.17. The first-order chi connectivity index (χ1) is 9.74. The Morgan fingerprint density at radius 2 is 2.25 bits per heavy atom. The summed E-state index contributed by atoms with van der Waals surface area (Å²) in [5.74, 6) is 0.672. The van der Waals surface area contributed by atoms with E-state index in [1.54, 1.807) is 0 Å². The summed E-state index contributed by atoms with van der Waals surface area (Å²) in [6.07, 6.45) is 3.44. The van der Waals surface area contributed by atoms with Gasteiger partial charge in [0, 0.05) is 6.54 Å². The maximum absolute atomic E-state index is 11.9. The molecule has 0 atom stereocenters. The smallest absolute Gasteiger partial charge is 0.268 e. The summed E-state index contributed by atoms with van der Waals surface area (Å²) in [5, 5.41) is 11.0. The third kappa shape index (κ3) is 3.88. The van der Waals surface area contributed by atoms with Crippen molar-refractivity contribution in [1.29, 1.82) is 0 Å². The maximum atomic E-state index is 11.9. The number of thiophene rings is 1. The lowest BCUT2D eigenvalue weighted by atomic mass is 10.2. The summed E-state index contributed by atoms with van der Waals surface area (Å²) in [7, 11) is 0. The van der Waals surface area contributed by atoms with Gasteiger partial charge in [0.1, 0.15) is 10.5 Å². The van der Waals surface area contributed by atoms with Crippen LogP contribution in [-0.2, 0) is 6.54 Å². The van der Waals surface area contributed by atoms with Crippen molar-refractivity contribution < 1.29 is 5.11 Å². The fourth-order valence-electron chi connectivity index (χ4n) is 2.21. The number of fused-ring (bicyclic) bond motifs is 1. The molecule has 20 heavy (non-hydrogen) atoms. The van der Waals surface area contributed by atoms with Crippen molar-refractivity contribution in [2.24, 2.45) is 0 Å². The zero-order valence-corrected chi connectivity index (χ0v) is 12.6. The fraction of sp³-hybridized carbons (Fsp3) is 0.571. The van der Waals surface area contributed by atoms with Crippen LogP contribution in [0.25, 0.3) is 10.2 Å². The number of aliphatic hydroxyl groups is 1. The molecule has 2 aromatic heterocycles. The second kappa shape index (κ2) is 7.52. The third-order valence-electron chi connectivity index (χ3n) is 3.23. The minimum absolute atomic E-state index is 0.0718. The monoisotopic (exact) mass is 295 g/mol. The van der Waals surface area contributed by atoms with E-state index < -0.39 is 0 Å². The molecule has 0 aliphatic carbocycles. The molecule has 0 unspecified atom stereocenters. The van der Waals surface area contributed by atoms with E-state index in [0.29, 0.717) is 23.6 Å². The van der Waals surface area contributed by atoms with Crippen molar-refractivity contribution >= 4 is 21.6 Å². The van der Waals surface area contributed by atoms with Crippen LogP contribution in [0.1, 0.15) is 32.0 Å². The van der Waals surface area contributed by atoms with E-state index in [1.165, 1.54) is 24.2 Å². The predicted molar refractivity (Wildman–Crippen MR) is 82.1 cm³/mol. The number of nitrogens with one attached hydrogen (secondary N) is 1. The number of aromatic nitrogens is 2. The fourth-order valence-corrected chi connectivity index (χ4v) is 2.93. The second-order valence-corrected chi connectivity index (χ2v) is 5.77. The van der Waals surface area contributed by atoms with E-state index in [1.807, 2.05) is 11.4 Å². The maximum Gasteiger partial charge on any atom is 0.268 e. The summed E-state index contributed by atoms with van der Waals surface area (Å²) in [6, 6.07) is 1.87. The van der Waals surface area contributed by atoms with Crippen LogP contribution in [0.3, 0.4) is 0 Å². The zero-order chi connectivity index (χ0) is 14.4. The Morgan fingerprint density at radius 3 is 3.00 bits per heavy atom. The molecule has 0 aliphatic heterocycles. The number of aromatic amines is 1. The molecule has 0 saturated heterocycles. The largest absolute Gasteiger partial charge is 0.395 e. The topological polar surface area (TPSA) is 69.2 Å². The van der Waals surface area contributed by atoms with Gasteiger partial charge in [-0.1, -0.05) is 19.8 Å². The van der Waals surface area contributed by atoms with Crippen molar-refractivity contribution in [3.63, 3.8) is 0 Å². The van der Waals surface area contributed by atoms with Gasteiger partial charge in [0.2, 0.25) is 0 Å². The lowest BCUT2D eigenvalue weighted by molar-refractivity contribution is 0.184. The Balaban J connectivity index is 2.08. The van der Waals surface area contributed by atoms with Gasteiger partial charge < -0.3 is 10.1 Å². The normalized spacial score (nSPS) is 11.6. The van der Waals surface area contributed by atoms with Gasteiger partial charge in [-0.05, 0) is 24.4 Å². The molecule has 5 nitrogen and oxygen atoms in total. The van der Waals surface area contributed by atoms with Gasteiger partial charge in [0.25, 0.3) is 5.56 Å². The highest BCUT2D eigenvalue weighted by atomic mass is 32.1.